The lowest BCUT2D eigenvalue weighted by atomic mass is 9.59. The van der Waals surface area contributed by atoms with E-state index in [9.17, 15) is 4.79 Å². The fourth-order valence-corrected chi connectivity index (χ4v) is 9.10. The molecule has 0 radical (unpaired) electrons. The lowest BCUT2D eigenvalue weighted by Gasteiger charge is -2.58. The van der Waals surface area contributed by atoms with Gasteiger partial charge < -0.3 is 14.6 Å². The van der Waals surface area contributed by atoms with Gasteiger partial charge in [0.15, 0.2) is 6.29 Å². The Balaban J connectivity index is 0.942. The number of benzene rings is 3. The standard InChI is InChI=1S/C43H48N4O2/c1-30(2)38-10-6-7-11-39(38)40-23-32(22-31-8-4-3-5-9-31)15-19-47(40)36-26-43(27-36)16-20-46(21-17-43)35-13-12-34(29-48)41(25-35)49-37-24-33-14-18-44-42(33)45-28-37/h3-14,18,24-25,28-30,32,36,40H,15-17,19-23,26-27H2,1-2H3,(H,44,45). The Labute approximate surface area is 290 Å². The number of likely N-dealkylation sites (tertiary alicyclic amines) is 1. The van der Waals surface area contributed by atoms with Crippen molar-refractivity contribution in [2.24, 2.45) is 11.3 Å². The zero-order valence-corrected chi connectivity index (χ0v) is 28.9. The molecule has 3 aromatic carbocycles. The predicted molar refractivity (Wildman–Crippen MR) is 198 cm³/mol. The van der Waals surface area contributed by atoms with Gasteiger partial charge in [-0.15, -0.1) is 0 Å². The second kappa shape index (κ2) is 13.5. The van der Waals surface area contributed by atoms with E-state index >= 15 is 0 Å². The summed E-state index contributed by atoms with van der Waals surface area (Å²) in [4.78, 5) is 24.9. The van der Waals surface area contributed by atoms with Crippen LogP contribution >= 0.6 is 0 Å². The molecule has 2 aliphatic heterocycles. The number of nitrogens with zero attached hydrogens (tertiary/aromatic N) is 3. The van der Waals surface area contributed by atoms with Gasteiger partial charge in [0.25, 0.3) is 0 Å². The van der Waals surface area contributed by atoms with Gasteiger partial charge >= 0.3 is 0 Å². The lowest BCUT2D eigenvalue weighted by Crippen LogP contribution is -2.57. The molecule has 1 aliphatic carbocycles. The van der Waals surface area contributed by atoms with Gasteiger partial charge in [0, 0.05) is 48.5 Å². The molecular weight excluding hydrogens is 604 g/mol. The average molecular weight is 653 g/mol. The van der Waals surface area contributed by atoms with Crippen molar-refractivity contribution in [2.75, 3.05) is 24.5 Å². The van der Waals surface area contributed by atoms with Gasteiger partial charge in [-0.1, -0.05) is 68.4 Å². The summed E-state index contributed by atoms with van der Waals surface area (Å²) in [7, 11) is 0. The molecular formula is C43H48N4O2. The van der Waals surface area contributed by atoms with E-state index in [0.717, 1.165) is 36.1 Å². The number of hydrogen-bond acceptors (Lipinski definition) is 5. The first-order valence-corrected chi connectivity index (χ1v) is 18.3. The van der Waals surface area contributed by atoms with Crippen molar-refractivity contribution in [1.29, 1.82) is 0 Å². The summed E-state index contributed by atoms with van der Waals surface area (Å²) in [5.74, 6) is 2.45. The molecule has 0 amide bonds. The van der Waals surface area contributed by atoms with E-state index in [1.165, 1.54) is 62.6 Å². The maximum Gasteiger partial charge on any atom is 0.153 e. The molecule has 4 heterocycles. The zero-order valence-electron chi connectivity index (χ0n) is 28.9. The fourth-order valence-electron chi connectivity index (χ4n) is 9.10. The van der Waals surface area contributed by atoms with Crippen molar-refractivity contribution < 1.29 is 9.53 Å². The number of fused-ring (bicyclic) bond motifs is 1. The second-order valence-corrected chi connectivity index (χ2v) is 15.2. The van der Waals surface area contributed by atoms with Crippen LogP contribution in [0.1, 0.15) is 91.4 Å². The number of pyridine rings is 1. The van der Waals surface area contributed by atoms with Crippen LogP contribution in [0.5, 0.6) is 11.5 Å². The summed E-state index contributed by atoms with van der Waals surface area (Å²) in [5.41, 5.74) is 7.48. The predicted octanol–water partition coefficient (Wildman–Crippen LogP) is 9.74. The Morgan fingerprint density at radius 2 is 1.76 bits per heavy atom. The van der Waals surface area contributed by atoms with E-state index in [1.54, 1.807) is 11.8 Å². The molecule has 2 unspecified atom stereocenters. The maximum atomic E-state index is 11.9. The molecule has 3 aliphatic rings. The molecule has 5 aromatic rings. The van der Waals surface area contributed by atoms with Crippen molar-refractivity contribution >= 4 is 23.0 Å². The smallest absolute Gasteiger partial charge is 0.153 e. The first-order chi connectivity index (χ1) is 24.0. The first-order valence-electron chi connectivity index (χ1n) is 18.3. The van der Waals surface area contributed by atoms with Crippen LogP contribution in [0.4, 0.5) is 5.69 Å². The number of rotatable bonds is 9. The van der Waals surface area contributed by atoms with E-state index in [2.05, 4.69) is 94.3 Å². The average Bonchev–Trinajstić information content (AvgIpc) is 3.59. The number of anilines is 1. The molecule has 1 saturated carbocycles. The van der Waals surface area contributed by atoms with E-state index in [0.29, 0.717) is 46.4 Å². The maximum absolute atomic E-state index is 11.9. The van der Waals surface area contributed by atoms with Crippen molar-refractivity contribution in [1.82, 2.24) is 14.9 Å². The molecule has 8 rings (SSSR count). The molecule has 6 nitrogen and oxygen atoms in total. The minimum atomic E-state index is 0.434. The number of piperidine rings is 2. The van der Waals surface area contributed by atoms with Crippen LogP contribution in [0.2, 0.25) is 0 Å². The van der Waals surface area contributed by atoms with E-state index in [4.69, 9.17) is 4.74 Å². The van der Waals surface area contributed by atoms with E-state index in [-0.39, 0.29) is 0 Å². The van der Waals surface area contributed by atoms with Crippen molar-refractivity contribution in [3.05, 3.63) is 120 Å². The number of ether oxygens (including phenoxy) is 1. The van der Waals surface area contributed by atoms with Crippen molar-refractivity contribution in [2.45, 2.75) is 76.8 Å². The van der Waals surface area contributed by atoms with Crippen molar-refractivity contribution in [3.63, 3.8) is 0 Å². The van der Waals surface area contributed by atoms with Gasteiger partial charge in [-0.3, -0.25) is 9.69 Å². The minimum Gasteiger partial charge on any atom is -0.455 e. The number of H-pyrrole nitrogens is 1. The molecule has 0 bridgehead atoms. The molecule has 3 fully saturated rings. The second-order valence-electron chi connectivity index (χ2n) is 15.2. The van der Waals surface area contributed by atoms with Gasteiger partial charge in [-0.2, -0.15) is 0 Å². The van der Waals surface area contributed by atoms with Crippen LogP contribution in [-0.4, -0.2) is 46.8 Å². The Kier molecular flexibility index (Phi) is 8.75. The summed E-state index contributed by atoms with van der Waals surface area (Å²) in [5, 5.41) is 0.980. The summed E-state index contributed by atoms with van der Waals surface area (Å²) < 4.78 is 6.23. The van der Waals surface area contributed by atoms with Crippen LogP contribution in [0.25, 0.3) is 11.0 Å². The van der Waals surface area contributed by atoms with Gasteiger partial charge in [0.1, 0.15) is 17.1 Å². The fraction of sp³-hybridized carbons (Fsp3) is 0.395. The SMILES string of the molecule is CC(C)c1ccccc1C1CC(Cc2ccccc2)CCN1C1CC2(CCN(c3ccc(C=O)c(Oc4cnc5[nH]ccc5c4)c3)CC2)C1. The highest BCUT2D eigenvalue weighted by Gasteiger charge is 2.50. The number of carbonyl (C=O) groups is 1. The summed E-state index contributed by atoms with van der Waals surface area (Å²) in [6, 6.07) is 31.4. The molecule has 2 saturated heterocycles. The lowest BCUT2D eigenvalue weighted by molar-refractivity contribution is -0.0551. The van der Waals surface area contributed by atoms with Crippen molar-refractivity contribution in [3.8, 4) is 11.5 Å². The third-order valence-corrected chi connectivity index (χ3v) is 11.8. The quantitative estimate of drug-likeness (QED) is 0.161. The minimum absolute atomic E-state index is 0.434. The highest BCUT2D eigenvalue weighted by atomic mass is 16.5. The van der Waals surface area contributed by atoms with E-state index < -0.39 is 0 Å². The summed E-state index contributed by atoms with van der Waals surface area (Å²) >= 11 is 0. The number of aromatic nitrogens is 2. The monoisotopic (exact) mass is 652 g/mol. The first kappa shape index (κ1) is 31.8. The highest BCUT2D eigenvalue weighted by molar-refractivity contribution is 5.81. The Morgan fingerprint density at radius 1 is 0.959 bits per heavy atom. The molecule has 1 N–H and O–H groups in total. The third kappa shape index (κ3) is 6.51. The number of carbonyl (C=O) groups excluding carboxylic acids is 1. The largest absolute Gasteiger partial charge is 0.455 e. The van der Waals surface area contributed by atoms with Crippen LogP contribution in [0.15, 0.2) is 97.3 Å². The third-order valence-electron chi connectivity index (χ3n) is 11.8. The number of nitrogens with one attached hydrogen (secondary N) is 1. The Morgan fingerprint density at radius 3 is 2.55 bits per heavy atom. The highest BCUT2D eigenvalue weighted by Crippen LogP contribution is 2.54. The van der Waals surface area contributed by atoms with Gasteiger partial charge in [-0.25, -0.2) is 4.98 Å². The summed E-state index contributed by atoms with van der Waals surface area (Å²) in [6.07, 6.45) is 13.2. The molecule has 1 spiro atoms. The molecule has 49 heavy (non-hydrogen) atoms. The molecule has 2 aromatic heterocycles. The number of hydrogen-bond donors (Lipinski definition) is 1. The van der Waals surface area contributed by atoms with Gasteiger partial charge in [0.2, 0.25) is 0 Å². The van der Waals surface area contributed by atoms with Crippen LogP contribution < -0.4 is 9.64 Å². The Hall–Kier alpha value is -4.42. The topological polar surface area (TPSA) is 61.5 Å². The van der Waals surface area contributed by atoms with Crippen LogP contribution in [0, 0.1) is 11.3 Å². The molecule has 2 atom stereocenters. The number of aldehydes is 1. The van der Waals surface area contributed by atoms with Gasteiger partial charge in [-0.05, 0) is 110 Å². The van der Waals surface area contributed by atoms with E-state index in [1.807, 2.05) is 30.5 Å². The Bertz CT molecular complexity index is 1900. The molecule has 252 valence electrons. The zero-order chi connectivity index (χ0) is 33.4. The summed E-state index contributed by atoms with van der Waals surface area (Å²) in [6.45, 7) is 7.95. The van der Waals surface area contributed by atoms with Crippen LogP contribution in [0.3, 0.4) is 0 Å². The van der Waals surface area contributed by atoms with Crippen LogP contribution in [-0.2, 0) is 6.42 Å². The molecule has 6 heteroatoms. The normalized spacial score (nSPS) is 21.2. The van der Waals surface area contributed by atoms with Gasteiger partial charge in [0.05, 0.1) is 11.8 Å². The number of aromatic amines is 1.